The van der Waals surface area contributed by atoms with E-state index in [0.29, 0.717) is 12.3 Å². The maximum absolute atomic E-state index is 11.6. The fourth-order valence-electron chi connectivity index (χ4n) is 2.02. The lowest BCUT2D eigenvalue weighted by molar-refractivity contribution is -0.137. The van der Waals surface area contributed by atoms with Gasteiger partial charge < -0.3 is 19.5 Å². The highest BCUT2D eigenvalue weighted by Gasteiger charge is 2.33. The quantitative estimate of drug-likeness (QED) is 0.876. The first kappa shape index (κ1) is 13.2. The molecule has 19 heavy (non-hydrogen) atoms. The number of amides is 1. The van der Waals surface area contributed by atoms with Crippen LogP contribution in [0.3, 0.4) is 0 Å². The van der Waals surface area contributed by atoms with Gasteiger partial charge in [0.25, 0.3) is 0 Å². The third-order valence-corrected chi connectivity index (χ3v) is 2.97. The van der Waals surface area contributed by atoms with Crippen molar-refractivity contribution in [1.29, 1.82) is 0 Å². The highest BCUT2D eigenvalue weighted by Crippen LogP contribution is 2.32. The average Bonchev–Trinajstić information content (AvgIpc) is 2.77. The van der Waals surface area contributed by atoms with Gasteiger partial charge in [0.05, 0.1) is 20.1 Å². The third-order valence-electron chi connectivity index (χ3n) is 2.97. The maximum Gasteiger partial charge on any atom is 0.410 e. The maximum atomic E-state index is 11.6. The summed E-state index contributed by atoms with van der Waals surface area (Å²) in [6, 6.07) is 7.30. The molecule has 1 amide bonds. The molecule has 0 bridgehead atoms. The summed E-state index contributed by atoms with van der Waals surface area (Å²) in [5.41, 5.74) is 0.788. The van der Waals surface area contributed by atoms with E-state index in [4.69, 9.17) is 14.6 Å². The summed E-state index contributed by atoms with van der Waals surface area (Å²) >= 11 is 0. The van der Waals surface area contributed by atoms with Crippen molar-refractivity contribution < 1.29 is 24.2 Å². The Balaban J connectivity index is 2.07. The summed E-state index contributed by atoms with van der Waals surface area (Å²) in [4.78, 5) is 23.6. The van der Waals surface area contributed by atoms with Gasteiger partial charge >= 0.3 is 12.1 Å². The minimum Gasteiger partial charge on any atom is -0.496 e. The van der Waals surface area contributed by atoms with Crippen LogP contribution in [0.4, 0.5) is 4.79 Å². The van der Waals surface area contributed by atoms with Crippen LogP contribution in [0.2, 0.25) is 0 Å². The Morgan fingerprint density at radius 2 is 2.26 bits per heavy atom. The molecule has 1 aliphatic heterocycles. The van der Waals surface area contributed by atoms with Crippen LogP contribution < -0.4 is 4.74 Å². The molecule has 102 valence electrons. The molecule has 1 unspecified atom stereocenters. The van der Waals surface area contributed by atoms with E-state index in [9.17, 15) is 9.59 Å². The number of ether oxygens (including phenoxy) is 2. The van der Waals surface area contributed by atoms with Gasteiger partial charge in [0.15, 0.2) is 0 Å². The lowest BCUT2D eigenvalue weighted by atomic mass is 10.1. The van der Waals surface area contributed by atoms with Gasteiger partial charge in [-0.25, -0.2) is 4.79 Å². The molecule has 6 nitrogen and oxygen atoms in total. The van der Waals surface area contributed by atoms with E-state index in [0.717, 1.165) is 5.56 Å². The van der Waals surface area contributed by atoms with Gasteiger partial charge in [-0.2, -0.15) is 0 Å². The molecule has 1 atom stereocenters. The summed E-state index contributed by atoms with van der Waals surface area (Å²) in [7, 11) is 1.55. The second kappa shape index (κ2) is 5.60. The summed E-state index contributed by atoms with van der Waals surface area (Å²) in [5, 5.41) is 8.63. The molecular formula is C13H15NO5. The number of carbonyl (C=O) groups is 2. The van der Waals surface area contributed by atoms with E-state index < -0.39 is 18.2 Å². The summed E-state index contributed by atoms with van der Waals surface area (Å²) < 4.78 is 10.5. The Morgan fingerprint density at radius 3 is 2.95 bits per heavy atom. The molecule has 6 heteroatoms. The molecule has 0 saturated carbocycles. The number of nitrogens with zero attached hydrogens (tertiary/aromatic N) is 1. The van der Waals surface area contributed by atoms with Crippen molar-refractivity contribution in [2.45, 2.75) is 12.5 Å². The lowest BCUT2D eigenvalue weighted by Crippen LogP contribution is -2.27. The molecule has 2 rings (SSSR count). The van der Waals surface area contributed by atoms with Crippen LogP contribution in [0, 0.1) is 0 Å². The van der Waals surface area contributed by atoms with Crippen molar-refractivity contribution in [3.8, 4) is 5.75 Å². The number of rotatable bonds is 5. The average molecular weight is 265 g/mol. The normalized spacial score (nSPS) is 18.3. The Hall–Kier alpha value is -2.24. The number of hydrogen-bond acceptors (Lipinski definition) is 4. The van der Waals surface area contributed by atoms with Gasteiger partial charge in [0.1, 0.15) is 11.9 Å². The van der Waals surface area contributed by atoms with Crippen molar-refractivity contribution in [3.05, 3.63) is 29.8 Å². The Bertz CT molecular complexity index is 488. The number of cyclic esters (lactones) is 1. The van der Waals surface area contributed by atoms with E-state index in [1.54, 1.807) is 13.2 Å². The van der Waals surface area contributed by atoms with Crippen LogP contribution in [0.25, 0.3) is 0 Å². The second-order valence-electron chi connectivity index (χ2n) is 4.20. The zero-order chi connectivity index (χ0) is 13.8. The molecule has 0 spiro atoms. The molecule has 1 aromatic rings. The SMILES string of the molecule is COc1ccccc1C1CN(CCC(=O)O)C(=O)O1. The lowest BCUT2D eigenvalue weighted by Gasteiger charge is -2.13. The van der Waals surface area contributed by atoms with Crippen LogP contribution >= 0.6 is 0 Å². The Morgan fingerprint density at radius 1 is 1.53 bits per heavy atom. The first-order chi connectivity index (χ1) is 9.11. The molecule has 0 aromatic heterocycles. The first-order valence-corrected chi connectivity index (χ1v) is 5.92. The predicted molar refractivity (Wildman–Crippen MR) is 66.0 cm³/mol. The number of methoxy groups -OCH3 is 1. The van der Waals surface area contributed by atoms with Gasteiger partial charge in [-0.3, -0.25) is 4.79 Å². The highest BCUT2D eigenvalue weighted by atomic mass is 16.6. The summed E-state index contributed by atoms with van der Waals surface area (Å²) in [6.45, 7) is 0.492. The molecule has 0 radical (unpaired) electrons. The van der Waals surface area contributed by atoms with Crippen molar-refractivity contribution in [1.82, 2.24) is 4.90 Å². The molecule has 1 aromatic carbocycles. The number of carbonyl (C=O) groups excluding carboxylic acids is 1. The molecule has 1 heterocycles. The topological polar surface area (TPSA) is 76.1 Å². The van der Waals surface area contributed by atoms with Crippen LogP contribution in [0.5, 0.6) is 5.75 Å². The van der Waals surface area contributed by atoms with Crippen LogP contribution in [0.1, 0.15) is 18.1 Å². The summed E-state index contributed by atoms with van der Waals surface area (Å²) in [5.74, 6) is -0.283. The van der Waals surface area contributed by atoms with Gasteiger partial charge in [-0.15, -0.1) is 0 Å². The van der Waals surface area contributed by atoms with Crippen LogP contribution in [-0.4, -0.2) is 42.3 Å². The Kier molecular flexibility index (Phi) is 3.89. The number of aliphatic carboxylic acids is 1. The molecule has 1 N–H and O–H groups in total. The minimum absolute atomic E-state index is 0.0895. The van der Waals surface area contributed by atoms with Crippen LogP contribution in [0.15, 0.2) is 24.3 Å². The van der Waals surface area contributed by atoms with E-state index in [1.165, 1.54) is 4.90 Å². The van der Waals surface area contributed by atoms with Gasteiger partial charge in [0.2, 0.25) is 0 Å². The number of carboxylic acid groups (broad SMARTS) is 1. The van der Waals surface area contributed by atoms with E-state index >= 15 is 0 Å². The number of carboxylic acids is 1. The van der Waals surface area contributed by atoms with Crippen molar-refractivity contribution >= 4 is 12.1 Å². The standard InChI is InChI=1S/C13H15NO5/c1-18-10-5-3-2-4-9(10)11-8-14(13(17)19-11)7-6-12(15)16/h2-5,11H,6-8H2,1H3,(H,15,16). The van der Waals surface area contributed by atoms with Crippen molar-refractivity contribution in [3.63, 3.8) is 0 Å². The Labute approximate surface area is 110 Å². The molecule has 1 fully saturated rings. The highest BCUT2D eigenvalue weighted by molar-refractivity contribution is 5.72. The fourth-order valence-corrected chi connectivity index (χ4v) is 2.02. The smallest absolute Gasteiger partial charge is 0.410 e. The van der Waals surface area contributed by atoms with Gasteiger partial charge in [-0.05, 0) is 6.07 Å². The molecule has 0 aliphatic carbocycles. The second-order valence-corrected chi connectivity index (χ2v) is 4.20. The molecule has 1 aliphatic rings. The zero-order valence-corrected chi connectivity index (χ0v) is 10.5. The van der Waals surface area contributed by atoms with Crippen molar-refractivity contribution in [2.75, 3.05) is 20.2 Å². The molecule has 1 saturated heterocycles. The van der Waals surface area contributed by atoms with Gasteiger partial charge in [0, 0.05) is 12.1 Å². The number of hydrogen-bond donors (Lipinski definition) is 1. The first-order valence-electron chi connectivity index (χ1n) is 5.92. The molecular weight excluding hydrogens is 250 g/mol. The largest absolute Gasteiger partial charge is 0.496 e. The van der Waals surface area contributed by atoms with Crippen LogP contribution in [-0.2, 0) is 9.53 Å². The van der Waals surface area contributed by atoms with Crippen molar-refractivity contribution in [2.24, 2.45) is 0 Å². The minimum atomic E-state index is -0.937. The summed E-state index contributed by atoms with van der Waals surface area (Å²) in [6.07, 6.45) is -0.997. The van der Waals surface area contributed by atoms with Gasteiger partial charge in [-0.1, -0.05) is 18.2 Å². The number of benzene rings is 1. The third kappa shape index (κ3) is 2.96. The zero-order valence-electron chi connectivity index (χ0n) is 10.5. The fraction of sp³-hybridized carbons (Fsp3) is 0.385. The number of para-hydroxylation sites is 1. The van der Waals surface area contributed by atoms with E-state index in [2.05, 4.69) is 0 Å². The predicted octanol–water partition coefficient (Wildman–Crippen LogP) is 1.66. The van der Waals surface area contributed by atoms with E-state index in [1.807, 2.05) is 18.2 Å². The monoisotopic (exact) mass is 265 g/mol. The van der Waals surface area contributed by atoms with E-state index in [-0.39, 0.29) is 13.0 Å².